The second-order valence-corrected chi connectivity index (χ2v) is 11.2. The molecule has 234 valence electrons. The summed E-state index contributed by atoms with van der Waals surface area (Å²) in [6.45, 7) is 1.21. The summed E-state index contributed by atoms with van der Waals surface area (Å²) in [5.74, 6) is 0.708. The van der Waals surface area contributed by atoms with Crippen molar-refractivity contribution in [3.63, 3.8) is 0 Å². The molecule has 6 N–H and O–H groups in total. The fraction of sp³-hybridized carbons (Fsp3) is 0.281. The molecule has 1 saturated carbocycles. The summed E-state index contributed by atoms with van der Waals surface area (Å²) in [5, 5.41) is 12.6. The van der Waals surface area contributed by atoms with Crippen LogP contribution >= 0.6 is 12.2 Å². The SMILES string of the molecule is O=C(Cc1ccc(Nc2nc(NCc3ccc(F)cc3)nc(NCC3CCCCC3)n2)cc1)NNC(=S)Nc1ccccc1F. The second-order valence-electron chi connectivity index (χ2n) is 10.8. The topological polar surface area (TPSA) is 128 Å². The van der Waals surface area contributed by atoms with Crippen LogP contribution in [-0.2, 0) is 17.8 Å². The Morgan fingerprint density at radius 1 is 0.778 bits per heavy atom. The van der Waals surface area contributed by atoms with Gasteiger partial charge in [0.2, 0.25) is 23.8 Å². The Balaban J connectivity index is 1.17. The number of anilines is 5. The monoisotopic (exact) mass is 631 g/mol. The van der Waals surface area contributed by atoms with Crippen LogP contribution in [0.1, 0.15) is 43.2 Å². The van der Waals surface area contributed by atoms with Gasteiger partial charge in [0.15, 0.2) is 5.11 Å². The molecule has 1 heterocycles. The van der Waals surface area contributed by atoms with E-state index in [-0.39, 0.29) is 28.9 Å². The lowest BCUT2D eigenvalue weighted by atomic mass is 9.89. The van der Waals surface area contributed by atoms with Crippen molar-refractivity contribution >= 4 is 52.5 Å². The van der Waals surface area contributed by atoms with Crippen LogP contribution in [0.2, 0.25) is 0 Å². The fourth-order valence-corrected chi connectivity index (χ4v) is 5.07. The van der Waals surface area contributed by atoms with Crippen LogP contribution in [0.5, 0.6) is 0 Å². The molecule has 5 rings (SSSR count). The van der Waals surface area contributed by atoms with Crippen molar-refractivity contribution in [1.82, 2.24) is 25.8 Å². The maximum atomic E-state index is 13.8. The molecule has 4 aromatic rings. The van der Waals surface area contributed by atoms with Gasteiger partial charge in [0.05, 0.1) is 12.1 Å². The fourth-order valence-electron chi connectivity index (χ4n) is 4.91. The minimum Gasteiger partial charge on any atom is -0.354 e. The van der Waals surface area contributed by atoms with E-state index in [4.69, 9.17) is 12.2 Å². The molecule has 0 atom stereocenters. The van der Waals surface area contributed by atoms with Crippen LogP contribution in [0, 0.1) is 17.6 Å². The van der Waals surface area contributed by atoms with Crippen LogP contribution in [0.15, 0.2) is 72.8 Å². The maximum absolute atomic E-state index is 13.8. The maximum Gasteiger partial charge on any atom is 0.242 e. The third-order valence-electron chi connectivity index (χ3n) is 7.29. The van der Waals surface area contributed by atoms with Gasteiger partial charge in [0, 0.05) is 18.8 Å². The molecule has 0 unspecified atom stereocenters. The van der Waals surface area contributed by atoms with Crippen LogP contribution in [-0.4, -0.2) is 32.5 Å². The Labute approximate surface area is 265 Å². The van der Waals surface area contributed by atoms with E-state index in [2.05, 4.69) is 47.1 Å². The highest BCUT2D eigenvalue weighted by atomic mass is 32.1. The zero-order valence-corrected chi connectivity index (χ0v) is 25.4. The Kier molecular flexibility index (Phi) is 11.0. The van der Waals surface area contributed by atoms with Crippen molar-refractivity contribution in [1.29, 1.82) is 0 Å². The van der Waals surface area contributed by atoms with Crippen LogP contribution in [0.3, 0.4) is 0 Å². The lowest BCUT2D eigenvalue weighted by molar-refractivity contribution is -0.121. The molecule has 1 aromatic heterocycles. The van der Waals surface area contributed by atoms with Gasteiger partial charge in [0.1, 0.15) is 11.6 Å². The second kappa shape index (κ2) is 15.7. The Bertz CT molecular complexity index is 1580. The summed E-state index contributed by atoms with van der Waals surface area (Å²) in [6, 6.07) is 19.6. The zero-order chi connectivity index (χ0) is 31.4. The molecule has 45 heavy (non-hydrogen) atoms. The summed E-state index contributed by atoms with van der Waals surface area (Å²) < 4.78 is 27.1. The van der Waals surface area contributed by atoms with Gasteiger partial charge in [-0.2, -0.15) is 15.0 Å². The molecule has 1 aliphatic carbocycles. The predicted molar refractivity (Wildman–Crippen MR) is 176 cm³/mol. The number of rotatable bonds is 11. The van der Waals surface area contributed by atoms with E-state index >= 15 is 0 Å². The number of hydrogen-bond acceptors (Lipinski definition) is 8. The van der Waals surface area contributed by atoms with Crippen LogP contribution in [0.4, 0.5) is 38.0 Å². The molecule has 0 radical (unpaired) electrons. The van der Waals surface area contributed by atoms with Gasteiger partial charge in [-0.1, -0.05) is 55.7 Å². The first-order valence-corrected chi connectivity index (χ1v) is 15.2. The predicted octanol–water partition coefficient (Wildman–Crippen LogP) is 6.06. The number of thiocarbonyl (C=S) groups is 1. The van der Waals surface area contributed by atoms with E-state index in [1.807, 2.05) is 24.3 Å². The first kappa shape index (κ1) is 31.5. The van der Waals surface area contributed by atoms with E-state index in [1.54, 1.807) is 24.3 Å². The first-order valence-electron chi connectivity index (χ1n) is 14.8. The number of nitrogens with zero attached hydrogens (tertiary/aromatic N) is 3. The molecule has 0 aliphatic heterocycles. The average molecular weight is 632 g/mol. The number of halogens is 2. The molecule has 0 spiro atoms. The number of hydrazine groups is 1. The smallest absolute Gasteiger partial charge is 0.242 e. The van der Waals surface area contributed by atoms with E-state index < -0.39 is 5.82 Å². The van der Waals surface area contributed by atoms with Gasteiger partial charge in [0.25, 0.3) is 0 Å². The third-order valence-corrected chi connectivity index (χ3v) is 7.49. The molecule has 3 aromatic carbocycles. The Hall–Kier alpha value is -4.91. The standard InChI is InChI=1S/C32H35F2N9OS/c33-24-14-10-23(11-15-24)20-36-30-39-29(35-19-22-6-2-1-3-7-22)40-31(41-30)37-25-16-12-21(13-17-25)18-28(44)42-43-32(45)38-27-9-5-4-8-26(27)34/h4-5,8-17,22H,1-3,6-7,18-20H2,(H,42,44)(H2,38,43,45)(H3,35,36,37,39,40,41). The first-order chi connectivity index (χ1) is 21.9. The van der Waals surface area contributed by atoms with Gasteiger partial charge < -0.3 is 21.3 Å². The minimum absolute atomic E-state index is 0.0597. The molecule has 10 nitrogen and oxygen atoms in total. The number of aromatic nitrogens is 3. The number of carbonyl (C=O) groups is 1. The normalized spacial score (nSPS) is 13.0. The van der Waals surface area contributed by atoms with Gasteiger partial charge in [-0.25, -0.2) is 8.78 Å². The average Bonchev–Trinajstić information content (AvgIpc) is 3.05. The number of para-hydroxylation sites is 1. The highest BCUT2D eigenvalue weighted by molar-refractivity contribution is 7.80. The van der Waals surface area contributed by atoms with Crippen LogP contribution in [0.25, 0.3) is 0 Å². The molecule has 0 saturated heterocycles. The molecule has 1 fully saturated rings. The van der Waals surface area contributed by atoms with Gasteiger partial charge in [-0.15, -0.1) is 0 Å². The van der Waals surface area contributed by atoms with Crippen molar-refractivity contribution in [2.75, 3.05) is 27.8 Å². The summed E-state index contributed by atoms with van der Waals surface area (Å²) in [6.07, 6.45) is 6.25. The zero-order valence-electron chi connectivity index (χ0n) is 24.6. The van der Waals surface area contributed by atoms with E-state index in [9.17, 15) is 13.6 Å². The van der Waals surface area contributed by atoms with Gasteiger partial charge in [-0.3, -0.25) is 15.6 Å². The molecule has 0 bridgehead atoms. The van der Waals surface area contributed by atoms with Crippen molar-refractivity contribution in [3.05, 3.63) is 95.6 Å². The third kappa shape index (κ3) is 10.1. The highest BCUT2D eigenvalue weighted by Crippen LogP contribution is 2.24. The Morgan fingerprint density at radius 3 is 2.18 bits per heavy atom. The quantitative estimate of drug-likeness (QED) is 0.0859. The summed E-state index contributed by atoms with van der Waals surface area (Å²) >= 11 is 5.12. The minimum atomic E-state index is -0.455. The number of hydrogen-bond donors (Lipinski definition) is 6. The van der Waals surface area contributed by atoms with Crippen LogP contribution < -0.4 is 32.1 Å². The lowest BCUT2D eigenvalue weighted by Gasteiger charge is -2.21. The van der Waals surface area contributed by atoms with E-state index in [1.165, 1.54) is 56.4 Å². The highest BCUT2D eigenvalue weighted by Gasteiger charge is 2.15. The Morgan fingerprint density at radius 2 is 1.44 bits per heavy atom. The summed E-state index contributed by atoms with van der Waals surface area (Å²) in [4.78, 5) is 26.1. The van der Waals surface area contributed by atoms with E-state index in [0.29, 0.717) is 30.3 Å². The van der Waals surface area contributed by atoms with Crippen molar-refractivity contribution in [2.24, 2.45) is 5.92 Å². The van der Waals surface area contributed by atoms with Gasteiger partial charge in [-0.05, 0) is 78.5 Å². The van der Waals surface area contributed by atoms with E-state index in [0.717, 1.165) is 23.4 Å². The molecule has 13 heteroatoms. The number of nitrogens with one attached hydrogen (secondary N) is 6. The molecule has 1 aliphatic rings. The van der Waals surface area contributed by atoms with Gasteiger partial charge >= 0.3 is 0 Å². The largest absolute Gasteiger partial charge is 0.354 e. The van der Waals surface area contributed by atoms with Crippen molar-refractivity contribution in [2.45, 2.75) is 45.1 Å². The van der Waals surface area contributed by atoms with Crippen molar-refractivity contribution < 1.29 is 13.6 Å². The summed E-state index contributed by atoms with van der Waals surface area (Å²) in [7, 11) is 0. The molecular weight excluding hydrogens is 596 g/mol. The van der Waals surface area contributed by atoms with Crippen molar-refractivity contribution in [3.8, 4) is 0 Å². The summed E-state index contributed by atoms with van der Waals surface area (Å²) in [5.41, 5.74) is 7.67. The lowest BCUT2D eigenvalue weighted by Crippen LogP contribution is -2.44. The number of benzene rings is 3. The molecule has 1 amide bonds. The number of amides is 1. The molecular formula is C32H35F2N9OS. The number of carbonyl (C=O) groups excluding carboxylic acids is 1.